The van der Waals surface area contributed by atoms with E-state index in [1.807, 2.05) is 0 Å². The molecule has 3 heterocycles. The molecule has 0 atom stereocenters. The number of aromatic nitrogens is 4. The molecule has 3 aromatic heterocycles. The molecule has 0 radical (unpaired) electrons. The fourth-order valence-corrected chi connectivity index (χ4v) is 3.02. The van der Waals surface area contributed by atoms with E-state index in [1.165, 1.54) is 35.0 Å². The average Bonchev–Trinajstić information content (AvgIpc) is 3.04. The lowest BCUT2D eigenvalue weighted by atomic mass is 10.1. The molecule has 4 rings (SSSR count). The van der Waals surface area contributed by atoms with Crippen LogP contribution in [0.25, 0.3) is 27.6 Å². The van der Waals surface area contributed by atoms with Crippen LogP contribution < -0.4 is 10.3 Å². The molecule has 7 nitrogen and oxygen atoms in total. The summed E-state index contributed by atoms with van der Waals surface area (Å²) in [5, 5.41) is 4.84. The topological polar surface area (TPSA) is 79.0 Å². The Labute approximate surface area is 154 Å². The zero-order valence-electron chi connectivity index (χ0n) is 14.3. The van der Waals surface area contributed by atoms with Crippen molar-refractivity contribution in [3.8, 4) is 11.4 Å². The summed E-state index contributed by atoms with van der Waals surface area (Å²) in [6, 6.07) is 7.94. The first kappa shape index (κ1) is 17.7. The highest BCUT2D eigenvalue weighted by atomic mass is 19.4. The van der Waals surface area contributed by atoms with Crippen LogP contribution in [0, 0.1) is 0 Å². The van der Waals surface area contributed by atoms with Crippen molar-refractivity contribution in [1.82, 2.24) is 19.3 Å². The Balaban J connectivity index is 2.15. The highest BCUT2D eigenvalue weighted by Crippen LogP contribution is 2.31. The molecule has 4 aromatic rings. The molecule has 0 saturated heterocycles. The van der Waals surface area contributed by atoms with Gasteiger partial charge in [0.2, 0.25) is 0 Å². The average molecular weight is 388 g/mol. The predicted molar refractivity (Wildman–Crippen MR) is 93.3 cm³/mol. The van der Waals surface area contributed by atoms with E-state index in [2.05, 4.69) is 10.1 Å². The number of halogens is 3. The number of hydrogen-bond donors (Lipinski definition) is 0. The van der Waals surface area contributed by atoms with Crippen molar-refractivity contribution in [2.45, 2.75) is 6.18 Å². The number of nitrogens with zero attached hydrogens (tertiary/aromatic N) is 4. The molecule has 28 heavy (non-hydrogen) atoms. The molecule has 0 bridgehead atoms. The van der Waals surface area contributed by atoms with E-state index in [9.17, 15) is 22.8 Å². The number of carbonyl (C=O) groups excluding carboxylic acids is 1. The summed E-state index contributed by atoms with van der Waals surface area (Å²) in [5.41, 5.74) is -1.68. The molecule has 1 aromatic carbocycles. The van der Waals surface area contributed by atoms with Crippen molar-refractivity contribution in [2.24, 2.45) is 7.05 Å². The first-order valence-electron chi connectivity index (χ1n) is 7.96. The predicted octanol–water partition coefficient (Wildman–Crippen LogP) is 2.83. The second-order valence-corrected chi connectivity index (χ2v) is 5.98. The SMILES string of the molecule is Cn1cc2c(n1)c(=O)n(-c1cccc(OC=O)c1)c1nc(C(F)(F)F)ccc21. The van der Waals surface area contributed by atoms with E-state index in [0.29, 0.717) is 10.8 Å². The summed E-state index contributed by atoms with van der Waals surface area (Å²) in [6.45, 7) is 0.210. The lowest BCUT2D eigenvalue weighted by Crippen LogP contribution is -2.21. The third-order valence-corrected chi connectivity index (χ3v) is 4.16. The van der Waals surface area contributed by atoms with E-state index in [-0.39, 0.29) is 29.1 Å². The van der Waals surface area contributed by atoms with E-state index in [4.69, 9.17) is 4.74 Å². The Hall–Kier alpha value is -3.69. The summed E-state index contributed by atoms with van der Waals surface area (Å²) in [5.74, 6) is 0.126. The van der Waals surface area contributed by atoms with Gasteiger partial charge in [-0.2, -0.15) is 18.3 Å². The summed E-state index contributed by atoms with van der Waals surface area (Å²) in [4.78, 5) is 27.3. The fourth-order valence-electron chi connectivity index (χ4n) is 3.02. The summed E-state index contributed by atoms with van der Waals surface area (Å²) in [7, 11) is 1.60. The van der Waals surface area contributed by atoms with Gasteiger partial charge in [0, 0.05) is 30.1 Å². The summed E-state index contributed by atoms with van der Waals surface area (Å²) < 4.78 is 46.8. The number of hydrogen-bond acceptors (Lipinski definition) is 5. The quantitative estimate of drug-likeness (QED) is 0.505. The maximum Gasteiger partial charge on any atom is 0.433 e. The van der Waals surface area contributed by atoms with Gasteiger partial charge in [-0.25, -0.2) is 4.98 Å². The van der Waals surface area contributed by atoms with Gasteiger partial charge < -0.3 is 4.74 Å². The highest BCUT2D eigenvalue weighted by molar-refractivity contribution is 6.03. The number of rotatable bonds is 3. The zero-order valence-corrected chi connectivity index (χ0v) is 14.3. The number of aryl methyl sites for hydroxylation is 1. The van der Waals surface area contributed by atoms with E-state index >= 15 is 0 Å². The van der Waals surface area contributed by atoms with Crippen LogP contribution in [-0.4, -0.2) is 25.8 Å². The van der Waals surface area contributed by atoms with Crippen LogP contribution in [0.3, 0.4) is 0 Å². The Bertz CT molecular complexity index is 1290. The minimum atomic E-state index is -4.68. The van der Waals surface area contributed by atoms with Crippen molar-refractivity contribution < 1.29 is 22.7 Å². The molecule has 0 saturated carbocycles. The highest BCUT2D eigenvalue weighted by Gasteiger charge is 2.33. The van der Waals surface area contributed by atoms with Crippen molar-refractivity contribution >= 4 is 28.4 Å². The number of fused-ring (bicyclic) bond motifs is 3. The Morgan fingerprint density at radius 3 is 2.64 bits per heavy atom. The molecule has 0 fully saturated rings. The molecule has 0 aliphatic carbocycles. The minimum absolute atomic E-state index is 0.0817. The smallest absolute Gasteiger partial charge is 0.429 e. The van der Waals surface area contributed by atoms with Crippen molar-refractivity contribution in [1.29, 1.82) is 0 Å². The first-order chi connectivity index (χ1) is 13.3. The Kier molecular flexibility index (Phi) is 3.91. The molecule has 10 heteroatoms. The van der Waals surface area contributed by atoms with Crippen LogP contribution in [0.15, 0.2) is 47.4 Å². The molecular formula is C18H11F3N4O3. The first-order valence-corrected chi connectivity index (χ1v) is 7.96. The molecule has 0 N–H and O–H groups in total. The van der Waals surface area contributed by atoms with Gasteiger partial charge in [0.1, 0.15) is 17.1 Å². The maximum absolute atomic E-state index is 13.2. The largest absolute Gasteiger partial charge is 0.433 e. The standard InChI is InChI=1S/C18H11F3N4O3/c1-24-8-13-12-5-6-14(18(19,20)21)22-16(12)25(17(27)15(13)23-24)10-3-2-4-11(7-10)28-9-26/h2-9H,1H3. The van der Waals surface area contributed by atoms with Gasteiger partial charge in [0.25, 0.3) is 12.0 Å². The van der Waals surface area contributed by atoms with Gasteiger partial charge in [-0.1, -0.05) is 6.07 Å². The van der Waals surface area contributed by atoms with Crippen LogP contribution in [0.1, 0.15) is 5.69 Å². The van der Waals surface area contributed by atoms with Gasteiger partial charge in [-0.15, -0.1) is 0 Å². The third kappa shape index (κ3) is 2.79. The number of benzene rings is 1. The van der Waals surface area contributed by atoms with Crippen LogP contribution >= 0.6 is 0 Å². The number of carbonyl (C=O) groups is 1. The molecule has 142 valence electrons. The van der Waals surface area contributed by atoms with Crippen molar-refractivity contribution in [3.05, 3.63) is 58.6 Å². The van der Waals surface area contributed by atoms with Crippen LogP contribution in [0.2, 0.25) is 0 Å². The van der Waals surface area contributed by atoms with Crippen molar-refractivity contribution in [3.63, 3.8) is 0 Å². The third-order valence-electron chi connectivity index (χ3n) is 4.16. The molecule has 0 unspecified atom stereocenters. The van der Waals surface area contributed by atoms with Gasteiger partial charge >= 0.3 is 6.18 Å². The van der Waals surface area contributed by atoms with Gasteiger partial charge in [0.05, 0.1) is 5.69 Å². The lowest BCUT2D eigenvalue weighted by Gasteiger charge is -2.13. The minimum Gasteiger partial charge on any atom is -0.429 e. The van der Waals surface area contributed by atoms with Crippen LogP contribution in [0.5, 0.6) is 5.75 Å². The second kappa shape index (κ2) is 6.19. The fraction of sp³-hybridized carbons (Fsp3) is 0.111. The van der Waals surface area contributed by atoms with Crippen molar-refractivity contribution in [2.75, 3.05) is 0 Å². The normalized spacial score (nSPS) is 11.9. The number of alkyl halides is 3. The second-order valence-electron chi connectivity index (χ2n) is 5.98. The summed E-state index contributed by atoms with van der Waals surface area (Å²) >= 11 is 0. The number of pyridine rings is 2. The van der Waals surface area contributed by atoms with Crippen LogP contribution in [0.4, 0.5) is 13.2 Å². The molecule has 0 amide bonds. The maximum atomic E-state index is 13.2. The van der Waals surface area contributed by atoms with Gasteiger partial charge in [-0.3, -0.25) is 18.8 Å². The zero-order chi connectivity index (χ0) is 20.1. The van der Waals surface area contributed by atoms with Gasteiger partial charge in [-0.05, 0) is 24.3 Å². The molecule has 0 aliphatic heterocycles. The number of ether oxygens (including phenoxy) is 1. The Morgan fingerprint density at radius 1 is 1.14 bits per heavy atom. The Morgan fingerprint density at radius 2 is 1.93 bits per heavy atom. The van der Waals surface area contributed by atoms with E-state index in [1.54, 1.807) is 13.2 Å². The molecular weight excluding hydrogens is 377 g/mol. The van der Waals surface area contributed by atoms with E-state index in [0.717, 1.165) is 10.6 Å². The molecule has 0 aliphatic rings. The van der Waals surface area contributed by atoms with E-state index < -0.39 is 17.4 Å². The summed E-state index contributed by atoms with van der Waals surface area (Å²) in [6.07, 6.45) is -3.13. The monoisotopic (exact) mass is 388 g/mol. The van der Waals surface area contributed by atoms with Gasteiger partial charge in [0.15, 0.2) is 5.52 Å². The molecule has 0 spiro atoms. The lowest BCUT2D eigenvalue weighted by molar-refractivity contribution is -0.141. The van der Waals surface area contributed by atoms with Crippen LogP contribution in [-0.2, 0) is 18.0 Å².